The number of phosphoric ester groups is 1. The van der Waals surface area contributed by atoms with Gasteiger partial charge < -0.3 is 94.0 Å². The summed E-state index contributed by atoms with van der Waals surface area (Å²) in [6, 6.07) is -1.50. The molecule has 26 nitrogen and oxygen atoms in total. The molecule has 1 aromatic heterocycles. The molecule has 0 aliphatic carbocycles. The summed E-state index contributed by atoms with van der Waals surface area (Å²) < 4.78 is 64.0. The van der Waals surface area contributed by atoms with Crippen LogP contribution in [0.1, 0.15) is 26.0 Å². The number of nitrogens with zero attached hydrogens (tertiary/aromatic N) is 3. The average Bonchev–Trinajstić information content (AvgIpc) is 3.43. The second kappa shape index (κ2) is 19.5. The maximum atomic E-state index is 13.3. The molecule has 3 fully saturated rings. The van der Waals surface area contributed by atoms with Crippen molar-refractivity contribution < 1.29 is 108 Å². The van der Waals surface area contributed by atoms with Crippen LogP contribution >= 0.6 is 15.4 Å². The fourth-order valence-corrected chi connectivity index (χ4v) is 8.38. The summed E-state index contributed by atoms with van der Waals surface area (Å²) in [4.78, 5) is 28.5. The Kier molecular flexibility index (Phi) is 16.3. The first-order chi connectivity index (χ1) is 26.5. The van der Waals surface area contributed by atoms with Crippen LogP contribution in [0.5, 0.6) is 6.01 Å². The molecule has 328 valence electrons. The summed E-state index contributed by atoms with van der Waals surface area (Å²) >= 11 is 0. The van der Waals surface area contributed by atoms with Crippen LogP contribution in [0.15, 0.2) is 17.3 Å². The van der Waals surface area contributed by atoms with Crippen molar-refractivity contribution in [1.29, 1.82) is 5.41 Å². The van der Waals surface area contributed by atoms with Crippen molar-refractivity contribution in [3.63, 3.8) is 0 Å². The Morgan fingerprint density at radius 1 is 1.04 bits per heavy atom. The number of rotatable bonds is 18. The zero-order valence-corrected chi connectivity index (χ0v) is 32.1. The zero-order valence-electron chi connectivity index (χ0n) is 30.3. The first-order valence-electron chi connectivity index (χ1n) is 17.2. The fourth-order valence-electron chi connectivity index (χ4n) is 6.38. The van der Waals surface area contributed by atoms with E-state index in [1.807, 2.05) is 0 Å². The molecular weight excluding hydrogens is 818 g/mol. The molecule has 3 saturated heterocycles. The summed E-state index contributed by atoms with van der Waals surface area (Å²) in [5.41, 5.74) is -2.57. The summed E-state index contributed by atoms with van der Waals surface area (Å²) in [6.07, 6.45) is -23.9. The topological polar surface area (TPSA) is 421 Å². The molecule has 28 heteroatoms. The van der Waals surface area contributed by atoms with E-state index in [0.29, 0.717) is 0 Å². The minimum Gasteiger partial charge on any atom is -0.862 e. The number of aliphatic hydroxyl groups is 9. The molecular formula is C29H48N4O22P2-2. The number of aromatic nitrogens is 2. The van der Waals surface area contributed by atoms with Gasteiger partial charge >= 0.3 is 15.4 Å². The first-order valence-corrected chi connectivity index (χ1v) is 20.5. The number of hydrogen-bond donors (Lipinski definition) is 12. The molecule has 4 rings (SSSR count). The molecule has 1 aromatic rings. The summed E-state index contributed by atoms with van der Waals surface area (Å²) in [5.74, 6) is -0.859. The number of hydrogen-bond acceptors (Lipinski definition) is 23. The third-order valence-electron chi connectivity index (χ3n) is 9.47. The van der Waals surface area contributed by atoms with Gasteiger partial charge in [0.05, 0.1) is 50.3 Å². The highest BCUT2D eigenvalue weighted by molar-refractivity contribution is 7.52. The predicted octanol–water partition coefficient (Wildman–Crippen LogP) is -7.01. The monoisotopic (exact) mass is 866 g/mol. The average molecular weight is 867 g/mol. The van der Waals surface area contributed by atoms with E-state index in [-0.39, 0.29) is 5.49 Å². The van der Waals surface area contributed by atoms with Crippen LogP contribution in [0.25, 0.3) is 0 Å². The molecule has 0 aromatic carbocycles. The Morgan fingerprint density at radius 2 is 1.67 bits per heavy atom. The molecule has 2 unspecified atom stereocenters. The van der Waals surface area contributed by atoms with E-state index >= 15 is 0 Å². The van der Waals surface area contributed by atoms with E-state index in [1.54, 1.807) is 0 Å². The van der Waals surface area contributed by atoms with Crippen molar-refractivity contribution in [2.24, 2.45) is 4.99 Å². The molecule has 0 amide bonds. The van der Waals surface area contributed by atoms with Gasteiger partial charge in [0.2, 0.25) is 0 Å². The molecule has 3 aliphatic rings. The number of phosphoric acid groups is 1. The van der Waals surface area contributed by atoms with Gasteiger partial charge in [-0.05, 0) is 25.3 Å². The number of aliphatic hydroxyl groups excluding tert-OH is 9. The highest BCUT2D eigenvalue weighted by Gasteiger charge is 2.53. The molecule has 3 aliphatic heterocycles. The van der Waals surface area contributed by atoms with E-state index in [1.165, 1.54) is 0 Å². The first kappa shape index (κ1) is 47.6. The third-order valence-corrected chi connectivity index (χ3v) is 11.7. The Morgan fingerprint density at radius 3 is 2.28 bits per heavy atom. The van der Waals surface area contributed by atoms with Crippen molar-refractivity contribution in [3.8, 4) is 6.01 Å². The van der Waals surface area contributed by atoms with Gasteiger partial charge in [0.15, 0.2) is 12.5 Å². The largest absolute Gasteiger partial charge is 0.862 e. The van der Waals surface area contributed by atoms with Gasteiger partial charge in [-0.1, -0.05) is 0 Å². The minimum absolute atomic E-state index is 0.386. The number of aliphatic imine (C=N–C) groups is 1. The van der Waals surface area contributed by atoms with Crippen LogP contribution in [0.2, 0.25) is 0 Å². The van der Waals surface area contributed by atoms with Crippen molar-refractivity contribution in [3.05, 3.63) is 17.8 Å². The van der Waals surface area contributed by atoms with Gasteiger partial charge in [-0.15, -0.1) is 0 Å². The molecule has 0 saturated carbocycles. The van der Waals surface area contributed by atoms with Gasteiger partial charge in [-0.25, -0.2) is 9.55 Å². The molecule has 4 heterocycles. The van der Waals surface area contributed by atoms with E-state index in [0.717, 1.165) is 30.9 Å². The molecule has 17 atom stereocenters. The Labute approximate surface area is 323 Å². The quantitative estimate of drug-likeness (QED) is 0.0370. The van der Waals surface area contributed by atoms with Crippen molar-refractivity contribution in [2.75, 3.05) is 39.7 Å². The molecule has 12 N–H and O–H groups in total. The fraction of sp³-hybridized carbons (Fsp3) is 0.828. The maximum absolute atomic E-state index is 13.3. The lowest BCUT2D eigenvalue weighted by molar-refractivity contribution is -0.293. The molecule has 57 heavy (non-hydrogen) atoms. The lowest BCUT2D eigenvalue weighted by Gasteiger charge is -2.48. The number of nitrogens with one attached hydrogen (secondary N) is 1. The SMILES string of the molecule is CO[C@@H]1O[C@H](COP(=O)(O)OC[C@]2(CCP(=O)(O)OC[C@H]3O[C@@H](n4ccc(=N)nc4[O-])[C@H](O)[C@@H]3O)C[C@H](O)[C@@H](N=C(C)[O-])[C@H]([C@H](O)[C@H](O)CO)O2)[C@H](O)[C@H](O)[C@H]1O. The van der Waals surface area contributed by atoms with Gasteiger partial charge in [-0.2, -0.15) is 0 Å². The van der Waals surface area contributed by atoms with Crippen LogP contribution in [0.4, 0.5) is 0 Å². The Bertz CT molecular complexity index is 1670. The molecule has 0 radical (unpaired) electrons. The standard InChI is InChI=1S/C29H50N4O22P2/c1-12(35)31-18-13(36)7-29(55-25(18)19(38)14(37)8-34,11-52-57(47,48)51-10-16-20(39)22(41)24(43)27(49-2)54-16)4-6-56(45,46)50-9-15-21(40)23(42)26(53-15)33-5-3-17(30)32-28(33)44/h3,5,13-16,18-27,34,36-43H,4,6-11H2,1-2H3,(H,31,35)(H,45,46)(H,47,48)(H2,30,32,44)/p-2/t13-,14+,15+,16+,18+,19+,20-,21+,22-,23+,24+,25+,26+,27+,29-/m0/s1. The van der Waals surface area contributed by atoms with E-state index in [2.05, 4.69) is 9.98 Å². The van der Waals surface area contributed by atoms with Gasteiger partial charge in [-0.3, -0.25) is 24.0 Å². The number of ether oxygens (including phenoxy) is 4. The molecule has 0 bridgehead atoms. The van der Waals surface area contributed by atoms with Crippen LogP contribution in [-0.4, -0.2) is 196 Å². The maximum Gasteiger partial charge on any atom is 0.472 e. The van der Waals surface area contributed by atoms with Gasteiger partial charge in [0.1, 0.15) is 72.6 Å². The van der Waals surface area contributed by atoms with Crippen LogP contribution < -0.4 is 15.7 Å². The Hall–Kier alpha value is -2.11. The van der Waals surface area contributed by atoms with Crippen LogP contribution in [0.3, 0.4) is 0 Å². The predicted molar refractivity (Wildman–Crippen MR) is 178 cm³/mol. The zero-order chi connectivity index (χ0) is 42.6. The highest BCUT2D eigenvalue weighted by Crippen LogP contribution is 2.50. The smallest absolute Gasteiger partial charge is 0.472 e. The van der Waals surface area contributed by atoms with Gasteiger partial charge in [0, 0.05) is 19.7 Å². The lowest BCUT2D eigenvalue weighted by Crippen LogP contribution is -2.62. The highest BCUT2D eigenvalue weighted by atomic mass is 31.2. The summed E-state index contributed by atoms with van der Waals surface area (Å²) in [7, 11) is -9.00. The van der Waals surface area contributed by atoms with E-state index in [4.69, 9.17) is 37.9 Å². The second-order valence-electron chi connectivity index (χ2n) is 13.7. The summed E-state index contributed by atoms with van der Waals surface area (Å²) in [5, 5.41) is 125. The number of methoxy groups -OCH3 is 1. The molecule has 0 spiro atoms. The Balaban J connectivity index is 1.52. The van der Waals surface area contributed by atoms with Crippen LogP contribution in [0, 0.1) is 5.41 Å². The minimum atomic E-state index is -5.26. The van der Waals surface area contributed by atoms with E-state index in [9.17, 15) is 75.1 Å². The lowest BCUT2D eigenvalue weighted by atomic mass is 9.83. The van der Waals surface area contributed by atoms with Gasteiger partial charge in [0.25, 0.3) is 0 Å². The van der Waals surface area contributed by atoms with E-state index < -0.39 is 164 Å². The van der Waals surface area contributed by atoms with Crippen molar-refractivity contribution in [2.45, 2.75) is 111 Å². The van der Waals surface area contributed by atoms with Crippen molar-refractivity contribution in [1.82, 2.24) is 9.55 Å². The third kappa shape index (κ3) is 11.8. The normalized spacial score (nSPS) is 38.3. The second-order valence-corrected chi connectivity index (χ2v) is 17.1. The van der Waals surface area contributed by atoms with Crippen LogP contribution in [-0.2, 0) is 41.6 Å². The van der Waals surface area contributed by atoms with Crippen molar-refractivity contribution >= 4 is 21.3 Å². The summed E-state index contributed by atoms with van der Waals surface area (Å²) in [6.45, 7) is -2.95.